The molecule has 0 aromatic rings. The number of aliphatic hydroxyl groups is 1. The van der Waals surface area contributed by atoms with E-state index in [9.17, 15) is 24.0 Å². The number of aliphatic carboxylic acids is 1. The number of rotatable bonds is 11. The maximum Gasteiger partial charge on any atom is 0.326 e. The van der Waals surface area contributed by atoms with Crippen LogP contribution in [0.25, 0.3) is 0 Å². The van der Waals surface area contributed by atoms with Gasteiger partial charge in [0.1, 0.15) is 12.1 Å². The van der Waals surface area contributed by atoms with Crippen LogP contribution in [0, 0.1) is 0 Å². The molecule has 136 valence electrons. The maximum absolute atomic E-state index is 11.6. The van der Waals surface area contributed by atoms with E-state index < -0.39 is 61.4 Å². The molecule has 2 atom stereocenters. The van der Waals surface area contributed by atoms with Gasteiger partial charge < -0.3 is 37.6 Å². The highest BCUT2D eigenvalue weighted by molar-refractivity contribution is 5.90. The van der Waals surface area contributed by atoms with Gasteiger partial charge in [-0.3, -0.25) is 19.2 Å². The molecule has 0 radical (unpaired) electrons. The number of nitrogens with one attached hydrogen (secondary N) is 3. The van der Waals surface area contributed by atoms with E-state index in [1.165, 1.54) is 0 Å². The van der Waals surface area contributed by atoms with Crippen molar-refractivity contribution in [2.45, 2.75) is 24.9 Å². The fraction of sp³-hybridized carbons (Fsp3) is 0.583. The van der Waals surface area contributed by atoms with E-state index >= 15 is 0 Å². The molecule has 0 heterocycles. The summed E-state index contributed by atoms with van der Waals surface area (Å²) in [6.45, 7) is -1.58. The van der Waals surface area contributed by atoms with Crippen molar-refractivity contribution in [3.05, 3.63) is 0 Å². The lowest BCUT2D eigenvalue weighted by Crippen LogP contribution is -2.49. The molecule has 4 amide bonds. The standard InChI is InChI=1S/C12H21N5O7/c13-6(5-18)11(22)16-3-9(20)15-4-10(21)17-7(12(23)24)1-2-8(14)19/h6-7,18H,1-5,13H2,(H2,14,19)(H,15,20)(H,16,22)(H,17,21)(H,23,24). The van der Waals surface area contributed by atoms with Gasteiger partial charge in [0.25, 0.3) is 0 Å². The van der Waals surface area contributed by atoms with Crippen molar-refractivity contribution in [2.24, 2.45) is 11.5 Å². The minimum Gasteiger partial charge on any atom is -0.480 e. The van der Waals surface area contributed by atoms with Gasteiger partial charge in [-0.25, -0.2) is 4.79 Å². The summed E-state index contributed by atoms with van der Waals surface area (Å²) in [6, 6.07) is -2.48. The molecule has 0 bridgehead atoms. The Morgan fingerprint density at radius 2 is 1.58 bits per heavy atom. The highest BCUT2D eigenvalue weighted by Crippen LogP contribution is 1.97. The smallest absolute Gasteiger partial charge is 0.326 e. The van der Waals surface area contributed by atoms with Crippen LogP contribution in [0.15, 0.2) is 0 Å². The molecule has 0 aromatic carbocycles. The van der Waals surface area contributed by atoms with Crippen LogP contribution in [0.2, 0.25) is 0 Å². The number of amides is 4. The first kappa shape index (κ1) is 21.3. The van der Waals surface area contributed by atoms with E-state index in [0.29, 0.717) is 0 Å². The summed E-state index contributed by atoms with van der Waals surface area (Å²) in [6.07, 6.45) is -0.403. The van der Waals surface area contributed by atoms with E-state index in [1.807, 2.05) is 0 Å². The summed E-state index contributed by atoms with van der Waals surface area (Å²) < 4.78 is 0. The Balaban J connectivity index is 4.17. The van der Waals surface area contributed by atoms with E-state index in [-0.39, 0.29) is 12.8 Å². The number of carboxylic acids is 1. The summed E-state index contributed by atoms with van der Waals surface area (Å²) in [5.74, 6) is -4.30. The van der Waals surface area contributed by atoms with Crippen LogP contribution in [0.1, 0.15) is 12.8 Å². The summed E-state index contributed by atoms with van der Waals surface area (Å²) >= 11 is 0. The van der Waals surface area contributed by atoms with Crippen molar-refractivity contribution < 1.29 is 34.2 Å². The van der Waals surface area contributed by atoms with Crippen LogP contribution >= 0.6 is 0 Å². The summed E-state index contributed by atoms with van der Waals surface area (Å²) in [7, 11) is 0. The zero-order valence-electron chi connectivity index (χ0n) is 12.8. The molecule has 9 N–H and O–H groups in total. The van der Waals surface area contributed by atoms with Gasteiger partial charge in [0.2, 0.25) is 23.6 Å². The van der Waals surface area contributed by atoms with Gasteiger partial charge >= 0.3 is 5.97 Å². The number of primary amides is 1. The normalized spacial score (nSPS) is 12.6. The van der Waals surface area contributed by atoms with Gasteiger partial charge in [-0.05, 0) is 6.42 Å². The van der Waals surface area contributed by atoms with Gasteiger partial charge in [-0.2, -0.15) is 0 Å². The van der Waals surface area contributed by atoms with Crippen molar-refractivity contribution in [3.63, 3.8) is 0 Å². The number of hydrogen-bond donors (Lipinski definition) is 7. The fourth-order valence-electron chi connectivity index (χ4n) is 1.41. The van der Waals surface area contributed by atoms with Gasteiger partial charge in [0.15, 0.2) is 0 Å². The molecule has 0 spiro atoms. The van der Waals surface area contributed by atoms with Crippen molar-refractivity contribution in [3.8, 4) is 0 Å². The topological polar surface area (TPSA) is 214 Å². The number of hydrogen-bond acceptors (Lipinski definition) is 7. The number of aliphatic hydroxyl groups excluding tert-OH is 1. The number of carbonyl (C=O) groups excluding carboxylic acids is 4. The molecule has 0 saturated heterocycles. The molecule has 0 aliphatic heterocycles. The predicted octanol–water partition coefficient (Wildman–Crippen LogP) is -4.63. The Morgan fingerprint density at radius 1 is 1.00 bits per heavy atom. The molecule has 0 aliphatic carbocycles. The average Bonchev–Trinajstić information content (AvgIpc) is 2.52. The van der Waals surface area contributed by atoms with Crippen LogP contribution in [-0.4, -0.2) is 71.6 Å². The molecule has 12 heteroatoms. The molecule has 0 rings (SSSR count). The number of carboxylic acid groups (broad SMARTS) is 1. The number of nitrogens with two attached hydrogens (primary N) is 2. The van der Waals surface area contributed by atoms with Gasteiger partial charge in [0.05, 0.1) is 19.7 Å². The molecule has 0 fully saturated rings. The third kappa shape index (κ3) is 9.32. The summed E-state index contributed by atoms with van der Waals surface area (Å²) in [5.41, 5.74) is 10.1. The molecule has 0 aliphatic rings. The third-order valence-corrected chi connectivity index (χ3v) is 2.72. The van der Waals surface area contributed by atoms with Crippen molar-refractivity contribution >= 4 is 29.6 Å². The van der Waals surface area contributed by atoms with Gasteiger partial charge in [-0.15, -0.1) is 0 Å². The Bertz CT molecular complexity index is 496. The van der Waals surface area contributed by atoms with E-state index in [2.05, 4.69) is 16.0 Å². The zero-order valence-corrected chi connectivity index (χ0v) is 12.8. The van der Waals surface area contributed by atoms with E-state index in [4.69, 9.17) is 21.7 Å². The van der Waals surface area contributed by atoms with Gasteiger partial charge in [-0.1, -0.05) is 0 Å². The highest BCUT2D eigenvalue weighted by atomic mass is 16.4. The lowest BCUT2D eigenvalue weighted by molar-refractivity contribution is -0.142. The Hall–Kier alpha value is -2.73. The molecular formula is C12H21N5O7. The molecule has 2 unspecified atom stereocenters. The monoisotopic (exact) mass is 347 g/mol. The second-order valence-corrected chi connectivity index (χ2v) is 4.75. The summed E-state index contributed by atoms with van der Waals surface area (Å²) in [4.78, 5) is 55.7. The zero-order chi connectivity index (χ0) is 18.7. The van der Waals surface area contributed by atoms with Crippen LogP contribution in [0.3, 0.4) is 0 Å². The van der Waals surface area contributed by atoms with Crippen LogP contribution < -0.4 is 27.4 Å². The van der Waals surface area contributed by atoms with Crippen LogP contribution in [0.4, 0.5) is 0 Å². The molecule has 24 heavy (non-hydrogen) atoms. The SMILES string of the molecule is NC(=O)CCC(NC(=O)CNC(=O)CNC(=O)C(N)CO)C(=O)O. The second kappa shape index (κ2) is 10.9. The minimum absolute atomic E-state index is 0.181. The first-order valence-corrected chi connectivity index (χ1v) is 6.88. The molecule has 0 saturated carbocycles. The lowest BCUT2D eigenvalue weighted by Gasteiger charge is -2.14. The minimum atomic E-state index is -1.35. The third-order valence-electron chi connectivity index (χ3n) is 2.72. The predicted molar refractivity (Wildman–Crippen MR) is 79.1 cm³/mol. The molecule has 12 nitrogen and oxygen atoms in total. The lowest BCUT2D eigenvalue weighted by atomic mass is 10.1. The number of carbonyl (C=O) groups is 5. The highest BCUT2D eigenvalue weighted by Gasteiger charge is 2.20. The second-order valence-electron chi connectivity index (χ2n) is 4.75. The van der Waals surface area contributed by atoms with Crippen molar-refractivity contribution in [1.29, 1.82) is 0 Å². The van der Waals surface area contributed by atoms with Crippen LogP contribution in [0.5, 0.6) is 0 Å². The average molecular weight is 347 g/mol. The van der Waals surface area contributed by atoms with Gasteiger partial charge in [0, 0.05) is 6.42 Å². The fourth-order valence-corrected chi connectivity index (χ4v) is 1.41. The van der Waals surface area contributed by atoms with E-state index in [1.54, 1.807) is 0 Å². The van der Waals surface area contributed by atoms with Crippen molar-refractivity contribution in [1.82, 2.24) is 16.0 Å². The Morgan fingerprint density at radius 3 is 2.08 bits per heavy atom. The van der Waals surface area contributed by atoms with Crippen LogP contribution in [-0.2, 0) is 24.0 Å². The van der Waals surface area contributed by atoms with Crippen molar-refractivity contribution in [2.75, 3.05) is 19.7 Å². The molecular weight excluding hydrogens is 326 g/mol. The largest absolute Gasteiger partial charge is 0.480 e. The molecule has 0 aromatic heterocycles. The quantitative estimate of drug-likeness (QED) is 0.192. The summed E-state index contributed by atoms with van der Waals surface area (Å²) in [5, 5.41) is 23.9. The Kier molecular flexibility index (Phi) is 9.67. The first-order valence-electron chi connectivity index (χ1n) is 6.88. The maximum atomic E-state index is 11.6. The Labute approximate surface area is 136 Å². The first-order chi connectivity index (χ1) is 11.2. The van der Waals surface area contributed by atoms with E-state index in [0.717, 1.165) is 0 Å².